The summed E-state index contributed by atoms with van der Waals surface area (Å²) in [6.07, 6.45) is 27.4. The lowest BCUT2D eigenvalue weighted by molar-refractivity contribution is 0.792. The monoisotopic (exact) mass is 832 g/mol. The molecule has 2 heteroatoms. The molecule has 65 heavy (non-hydrogen) atoms. The Labute approximate surface area is 381 Å². The first-order valence-electron chi connectivity index (χ1n) is 23.5. The second kappa shape index (κ2) is 15.2. The van der Waals surface area contributed by atoms with Crippen molar-refractivity contribution in [2.45, 2.75) is 43.9 Å². The smallest absolute Gasteiger partial charge is 0.0727 e. The first-order valence-corrected chi connectivity index (χ1v) is 23.5. The fourth-order valence-corrected chi connectivity index (χ4v) is 11.7. The van der Waals surface area contributed by atoms with Gasteiger partial charge in [-0.3, -0.25) is 0 Å². The predicted octanol–water partition coefficient (Wildman–Crippen LogP) is 16.5. The summed E-state index contributed by atoms with van der Waals surface area (Å²) >= 11 is 0. The molecule has 0 radical (unpaired) electrons. The molecule has 13 rings (SSSR count). The van der Waals surface area contributed by atoms with E-state index in [-0.39, 0.29) is 0 Å². The normalized spacial score (nSPS) is 16.2. The molecule has 1 spiro atoms. The summed E-state index contributed by atoms with van der Waals surface area (Å²) in [6, 6.07) is 61.9. The number of benzene rings is 7. The molecule has 0 bridgehead atoms. The quantitative estimate of drug-likeness (QED) is 0.155. The van der Waals surface area contributed by atoms with Crippen LogP contribution in [0.2, 0.25) is 0 Å². The highest BCUT2D eigenvalue weighted by Gasteiger charge is 2.52. The highest BCUT2D eigenvalue weighted by atomic mass is 15.1. The SMILES string of the molecule is C1=CCCC(c2c(C3=CCCC=C3)n(-c3ccc4c(c3)C3(c5ccccc5-c5ccccc53)c3cc(N(C5=CCCC=C5)c5ccc(-c6ccccc6)cc5)ccc3-4)c3ccccc23)=C1. The minimum absolute atomic E-state index is 0.532. The Kier molecular flexibility index (Phi) is 8.88. The Morgan fingerprint density at radius 1 is 0.477 bits per heavy atom. The second-order valence-corrected chi connectivity index (χ2v) is 18.0. The van der Waals surface area contributed by atoms with Crippen LogP contribution in [0, 0.1) is 0 Å². The van der Waals surface area contributed by atoms with Gasteiger partial charge in [-0.1, -0.05) is 170 Å². The van der Waals surface area contributed by atoms with Crippen molar-refractivity contribution in [1.82, 2.24) is 4.57 Å². The van der Waals surface area contributed by atoms with E-state index in [1.807, 2.05) is 0 Å². The van der Waals surface area contributed by atoms with Crippen molar-refractivity contribution < 1.29 is 0 Å². The van der Waals surface area contributed by atoms with Crippen LogP contribution >= 0.6 is 0 Å². The molecule has 0 atom stereocenters. The molecule has 0 N–H and O–H groups in total. The van der Waals surface area contributed by atoms with Gasteiger partial charge in [-0.25, -0.2) is 0 Å². The van der Waals surface area contributed by atoms with Crippen LogP contribution in [-0.4, -0.2) is 4.57 Å². The third-order valence-corrected chi connectivity index (χ3v) is 14.5. The zero-order chi connectivity index (χ0) is 42.9. The van der Waals surface area contributed by atoms with Crippen molar-refractivity contribution >= 4 is 33.4 Å². The molecular formula is C63H48N2. The Hall–Kier alpha value is -7.68. The lowest BCUT2D eigenvalue weighted by Crippen LogP contribution is -2.26. The molecular weight excluding hydrogens is 785 g/mol. The molecule has 5 aliphatic carbocycles. The molecule has 8 aromatic rings. The van der Waals surface area contributed by atoms with Crippen LogP contribution in [0.1, 0.15) is 72.0 Å². The average molecular weight is 833 g/mol. The minimum atomic E-state index is -0.532. The standard InChI is InChI=1S/C63H48N2/c1-5-19-43(20-6-1)44-33-35-48(36-34-44)64(47-25-11-4-12-26-47)49-37-39-53-54-40-38-50(42-59(54)63(58(53)41-49)56-30-16-13-27-51(56)52-28-14-17-31-57(52)63)65-60-32-18-15-29-55(60)61(45-21-7-2-8-22-45)62(65)46-23-9-3-10-24-46/h1-2,5-7,9,11,13-21,23-42H,3-4,8,10,12,22H2. The summed E-state index contributed by atoms with van der Waals surface area (Å²) in [4.78, 5) is 2.47. The van der Waals surface area contributed by atoms with E-state index in [1.54, 1.807) is 0 Å². The molecule has 7 aromatic carbocycles. The van der Waals surface area contributed by atoms with Crippen LogP contribution in [-0.2, 0) is 5.41 Å². The van der Waals surface area contributed by atoms with Crippen LogP contribution in [0.5, 0.6) is 0 Å². The largest absolute Gasteiger partial charge is 0.311 e. The van der Waals surface area contributed by atoms with E-state index in [1.165, 1.54) is 100 Å². The van der Waals surface area contributed by atoms with Gasteiger partial charge in [0.1, 0.15) is 0 Å². The highest BCUT2D eigenvalue weighted by molar-refractivity contribution is 6.03. The molecule has 0 unspecified atom stereocenters. The van der Waals surface area contributed by atoms with Crippen LogP contribution in [0.25, 0.3) is 61.1 Å². The van der Waals surface area contributed by atoms with Crippen LogP contribution < -0.4 is 4.90 Å². The van der Waals surface area contributed by atoms with E-state index < -0.39 is 5.41 Å². The number of hydrogen-bond donors (Lipinski definition) is 0. The minimum Gasteiger partial charge on any atom is -0.311 e. The van der Waals surface area contributed by atoms with Crippen molar-refractivity contribution in [3.63, 3.8) is 0 Å². The van der Waals surface area contributed by atoms with Gasteiger partial charge in [-0.05, 0) is 154 Å². The molecule has 0 saturated heterocycles. The Bertz CT molecular complexity index is 3370. The molecule has 0 aliphatic heterocycles. The second-order valence-electron chi connectivity index (χ2n) is 18.0. The summed E-state index contributed by atoms with van der Waals surface area (Å²) in [6.45, 7) is 0. The number of nitrogens with zero attached hydrogens (tertiary/aromatic N) is 2. The van der Waals surface area contributed by atoms with E-state index in [4.69, 9.17) is 0 Å². The fraction of sp³-hybridized carbons (Fsp3) is 0.111. The zero-order valence-electron chi connectivity index (χ0n) is 36.4. The van der Waals surface area contributed by atoms with Crippen molar-refractivity contribution in [2.24, 2.45) is 0 Å². The third-order valence-electron chi connectivity index (χ3n) is 14.5. The van der Waals surface area contributed by atoms with Gasteiger partial charge in [-0.2, -0.15) is 0 Å². The number of fused-ring (bicyclic) bond motifs is 11. The molecule has 0 amide bonds. The average Bonchev–Trinajstić information content (AvgIpc) is 4.00. The number of hydrogen-bond acceptors (Lipinski definition) is 1. The topological polar surface area (TPSA) is 8.17 Å². The van der Waals surface area contributed by atoms with Crippen LogP contribution in [0.3, 0.4) is 0 Å². The number of aromatic nitrogens is 1. The van der Waals surface area contributed by atoms with E-state index in [9.17, 15) is 0 Å². The van der Waals surface area contributed by atoms with Crippen molar-refractivity contribution in [1.29, 1.82) is 0 Å². The Morgan fingerprint density at radius 3 is 1.85 bits per heavy atom. The first kappa shape index (κ1) is 37.8. The lowest BCUT2D eigenvalue weighted by atomic mass is 9.70. The van der Waals surface area contributed by atoms with E-state index in [2.05, 4.69) is 228 Å². The maximum absolute atomic E-state index is 2.59. The van der Waals surface area contributed by atoms with Crippen molar-refractivity contribution in [3.8, 4) is 39.1 Å². The summed E-state index contributed by atoms with van der Waals surface area (Å²) in [5.41, 5.74) is 23.9. The van der Waals surface area contributed by atoms with Gasteiger partial charge in [0.2, 0.25) is 0 Å². The molecule has 0 fully saturated rings. The van der Waals surface area contributed by atoms with Crippen LogP contribution in [0.4, 0.5) is 11.4 Å². The van der Waals surface area contributed by atoms with Crippen molar-refractivity contribution in [3.05, 3.63) is 258 Å². The van der Waals surface area contributed by atoms with Gasteiger partial charge in [0.25, 0.3) is 0 Å². The summed E-state index contributed by atoms with van der Waals surface area (Å²) in [7, 11) is 0. The van der Waals surface area contributed by atoms with Gasteiger partial charge < -0.3 is 9.47 Å². The molecule has 0 saturated carbocycles. The number of para-hydroxylation sites is 1. The van der Waals surface area contributed by atoms with Gasteiger partial charge in [-0.15, -0.1) is 0 Å². The molecule has 2 nitrogen and oxygen atoms in total. The van der Waals surface area contributed by atoms with Crippen molar-refractivity contribution in [2.75, 3.05) is 4.90 Å². The highest BCUT2D eigenvalue weighted by Crippen LogP contribution is 2.63. The number of allylic oxidation sites excluding steroid dienone is 11. The maximum Gasteiger partial charge on any atom is 0.0727 e. The molecule has 310 valence electrons. The maximum atomic E-state index is 2.59. The zero-order valence-corrected chi connectivity index (χ0v) is 36.4. The molecule has 5 aliphatic rings. The Balaban J connectivity index is 1.06. The molecule has 1 heterocycles. The summed E-state index contributed by atoms with van der Waals surface area (Å²) in [5, 5.41) is 1.31. The van der Waals surface area contributed by atoms with Gasteiger partial charge >= 0.3 is 0 Å². The van der Waals surface area contributed by atoms with Gasteiger partial charge in [0.15, 0.2) is 0 Å². The van der Waals surface area contributed by atoms with E-state index in [0.29, 0.717) is 0 Å². The Morgan fingerprint density at radius 2 is 1.12 bits per heavy atom. The van der Waals surface area contributed by atoms with Gasteiger partial charge in [0, 0.05) is 33.7 Å². The molecule has 1 aromatic heterocycles. The lowest BCUT2D eigenvalue weighted by Gasteiger charge is -2.33. The third kappa shape index (κ3) is 5.80. The summed E-state index contributed by atoms with van der Waals surface area (Å²) in [5.74, 6) is 0. The first-order chi connectivity index (χ1) is 32.3. The summed E-state index contributed by atoms with van der Waals surface area (Å²) < 4.78 is 2.59. The van der Waals surface area contributed by atoms with Crippen LogP contribution in [0.15, 0.2) is 224 Å². The van der Waals surface area contributed by atoms with E-state index >= 15 is 0 Å². The van der Waals surface area contributed by atoms with E-state index in [0.717, 1.165) is 49.9 Å². The number of anilines is 2. The predicted molar refractivity (Wildman–Crippen MR) is 273 cm³/mol. The number of rotatable bonds is 7. The van der Waals surface area contributed by atoms with Gasteiger partial charge in [0.05, 0.1) is 16.6 Å². The fourth-order valence-electron chi connectivity index (χ4n) is 11.7.